The molecule has 3 aliphatic heterocycles. The lowest BCUT2D eigenvalue weighted by molar-refractivity contribution is -0.128. The summed E-state index contributed by atoms with van der Waals surface area (Å²) in [7, 11) is -3.28. The molecule has 186 valence electrons. The maximum absolute atomic E-state index is 13.4. The summed E-state index contributed by atoms with van der Waals surface area (Å²) in [6, 6.07) is 10.1. The summed E-state index contributed by atoms with van der Waals surface area (Å²) in [6.07, 6.45) is 2.70. The number of anilines is 1. The number of hydrogen-bond acceptors (Lipinski definition) is 7. The van der Waals surface area contributed by atoms with Crippen LogP contribution in [0.2, 0.25) is 0 Å². The van der Waals surface area contributed by atoms with Crippen molar-refractivity contribution in [3.8, 4) is 0 Å². The third-order valence-electron chi connectivity index (χ3n) is 7.90. The maximum Gasteiger partial charge on any atom is 0.338 e. The van der Waals surface area contributed by atoms with Gasteiger partial charge in [0.2, 0.25) is 5.91 Å². The Hall–Kier alpha value is -2.75. The van der Waals surface area contributed by atoms with Crippen molar-refractivity contribution in [2.75, 3.05) is 37.3 Å². The zero-order chi connectivity index (χ0) is 25.0. The number of aliphatic hydroxyl groups excluding tert-OH is 1. The third kappa shape index (κ3) is 4.26. The molecule has 1 atom stereocenters. The van der Waals surface area contributed by atoms with Gasteiger partial charge in [-0.25, -0.2) is 13.2 Å². The zero-order valence-corrected chi connectivity index (χ0v) is 20.8. The molecule has 2 fully saturated rings. The summed E-state index contributed by atoms with van der Waals surface area (Å²) in [4.78, 5) is 29.4. The largest absolute Gasteiger partial charge is 0.457 e. The number of aliphatic hydroxyl groups is 1. The lowest BCUT2D eigenvalue weighted by Crippen LogP contribution is -2.45. The highest BCUT2D eigenvalue weighted by atomic mass is 32.2. The Morgan fingerprint density at radius 1 is 1.03 bits per heavy atom. The van der Waals surface area contributed by atoms with Gasteiger partial charge in [-0.3, -0.25) is 4.79 Å². The Kier molecular flexibility index (Phi) is 5.97. The van der Waals surface area contributed by atoms with E-state index < -0.39 is 21.4 Å². The van der Waals surface area contributed by atoms with Crippen LogP contribution in [0.5, 0.6) is 0 Å². The van der Waals surface area contributed by atoms with Gasteiger partial charge < -0.3 is 19.6 Å². The summed E-state index contributed by atoms with van der Waals surface area (Å²) in [6.45, 7) is 4.69. The van der Waals surface area contributed by atoms with E-state index in [2.05, 4.69) is 4.90 Å². The number of carbonyl (C=O) groups excluding carboxylic acids is 2. The number of nitrogens with zero attached hydrogens (tertiary/aromatic N) is 2. The topological polar surface area (TPSA) is 104 Å². The number of fused-ring (bicyclic) bond motifs is 1. The Morgan fingerprint density at radius 3 is 2.34 bits per heavy atom. The molecule has 35 heavy (non-hydrogen) atoms. The average molecular weight is 499 g/mol. The standard InChI is InChI=1S/C26H30N2O6S/c1-17-20(7-8-21-22(17)16-34-24(21)30)23(29)15-27-12-9-26(10-13-27)11-14-28(25(26)31)18-3-5-19(6-4-18)35(2,32)33/h3-8,23,29H,9-16H2,1-2H3. The second-order valence-electron chi connectivity index (χ2n) is 9.95. The van der Waals surface area contributed by atoms with Crippen LogP contribution in [0.3, 0.4) is 0 Å². The minimum Gasteiger partial charge on any atom is -0.457 e. The SMILES string of the molecule is Cc1c(C(O)CN2CCC3(CC2)CCN(c2ccc(S(C)(=O)=O)cc2)C3=O)ccc2c1COC2=O. The van der Waals surface area contributed by atoms with E-state index in [1.807, 2.05) is 13.0 Å². The first kappa shape index (κ1) is 24.0. The molecule has 2 aromatic carbocycles. The fraction of sp³-hybridized carbons (Fsp3) is 0.462. The number of likely N-dealkylation sites (tertiary alicyclic amines) is 1. The minimum atomic E-state index is -3.28. The third-order valence-corrected chi connectivity index (χ3v) is 9.03. The molecule has 3 aliphatic rings. The molecule has 1 N–H and O–H groups in total. The Balaban J connectivity index is 1.22. The molecule has 0 aromatic heterocycles. The van der Waals surface area contributed by atoms with Crippen LogP contribution in [0.15, 0.2) is 41.3 Å². The number of rotatable bonds is 5. The second-order valence-corrected chi connectivity index (χ2v) is 12.0. The van der Waals surface area contributed by atoms with Crippen molar-refractivity contribution in [3.05, 3.63) is 58.7 Å². The number of amides is 1. The number of carbonyl (C=O) groups is 2. The lowest BCUT2D eigenvalue weighted by Gasteiger charge is -2.38. The van der Waals surface area contributed by atoms with Gasteiger partial charge in [0.15, 0.2) is 9.84 Å². The summed E-state index contributed by atoms with van der Waals surface area (Å²) >= 11 is 0. The predicted octanol–water partition coefficient (Wildman–Crippen LogP) is 2.62. The smallest absolute Gasteiger partial charge is 0.338 e. The van der Waals surface area contributed by atoms with Gasteiger partial charge in [0.1, 0.15) is 6.61 Å². The van der Waals surface area contributed by atoms with Crippen LogP contribution in [0.1, 0.15) is 52.4 Å². The van der Waals surface area contributed by atoms with Crippen LogP contribution in [-0.4, -0.2) is 62.7 Å². The van der Waals surface area contributed by atoms with E-state index >= 15 is 0 Å². The van der Waals surface area contributed by atoms with Crippen molar-refractivity contribution in [1.82, 2.24) is 4.90 Å². The van der Waals surface area contributed by atoms with E-state index in [9.17, 15) is 23.1 Å². The van der Waals surface area contributed by atoms with Gasteiger partial charge in [0.25, 0.3) is 0 Å². The summed E-state index contributed by atoms with van der Waals surface area (Å²) in [5, 5.41) is 10.9. The Bertz CT molecular complexity index is 1280. The number of piperidine rings is 1. The van der Waals surface area contributed by atoms with Gasteiger partial charge in [0.05, 0.1) is 22.0 Å². The average Bonchev–Trinajstić information content (AvgIpc) is 3.36. The first-order valence-electron chi connectivity index (χ1n) is 11.9. The second kappa shape index (κ2) is 8.72. The van der Waals surface area contributed by atoms with Gasteiger partial charge in [-0.1, -0.05) is 6.07 Å². The number of hydrogen-bond donors (Lipinski definition) is 1. The summed E-state index contributed by atoms with van der Waals surface area (Å²) < 4.78 is 28.6. The molecule has 2 saturated heterocycles. The maximum atomic E-state index is 13.4. The molecule has 0 radical (unpaired) electrons. The van der Waals surface area contributed by atoms with Gasteiger partial charge in [0, 0.05) is 30.6 Å². The first-order chi connectivity index (χ1) is 16.6. The summed E-state index contributed by atoms with van der Waals surface area (Å²) in [5.74, 6) is -0.212. The molecule has 2 aromatic rings. The molecule has 8 nitrogen and oxygen atoms in total. The van der Waals surface area contributed by atoms with E-state index in [1.54, 1.807) is 35.2 Å². The van der Waals surface area contributed by atoms with Gasteiger partial charge in [-0.15, -0.1) is 0 Å². The molecule has 0 aliphatic carbocycles. The molecular weight excluding hydrogens is 468 g/mol. The van der Waals surface area contributed by atoms with Crippen molar-refractivity contribution in [3.63, 3.8) is 0 Å². The zero-order valence-electron chi connectivity index (χ0n) is 20.0. The molecule has 5 rings (SSSR count). The number of sulfone groups is 1. The van der Waals surface area contributed by atoms with Crippen molar-refractivity contribution in [2.24, 2.45) is 5.41 Å². The minimum absolute atomic E-state index is 0.101. The highest BCUT2D eigenvalue weighted by Gasteiger charge is 2.48. The number of esters is 1. The van der Waals surface area contributed by atoms with E-state index in [-0.39, 0.29) is 23.4 Å². The van der Waals surface area contributed by atoms with Crippen molar-refractivity contribution in [1.29, 1.82) is 0 Å². The van der Waals surface area contributed by atoms with Crippen molar-refractivity contribution < 1.29 is 27.9 Å². The quantitative estimate of drug-likeness (QED) is 0.632. The fourth-order valence-electron chi connectivity index (χ4n) is 5.64. The van der Waals surface area contributed by atoms with Crippen LogP contribution in [0.25, 0.3) is 0 Å². The molecule has 3 heterocycles. The predicted molar refractivity (Wildman–Crippen MR) is 130 cm³/mol. The number of benzene rings is 2. The van der Waals surface area contributed by atoms with Crippen LogP contribution in [0, 0.1) is 12.3 Å². The fourth-order valence-corrected chi connectivity index (χ4v) is 6.27. The molecule has 0 bridgehead atoms. The molecular formula is C26H30N2O6S. The number of β-amino-alcohol motifs (C(OH)–C–C–N with tert-alkyl or cyclic N) is 1. The molecule has 1 spiro atoms. The summed E-state index contributed by atoms with van der Waals surface area (Å²) in [5.41, 5.74) is 3.46. The monoisotopic (exact) mass is 498 g/mol. The van der Waals surface area contributed by atoms with Crippen LogP contribution in [0.4, 0.5) is 5.69 Å². The van der Waals surface area contributed by atoms with Gasteiger partial charge in [-0.2, -0.15) is 0 Å². The van der Waals surface area contributed by atoms with Crippen molar-refractivity contribution >= 4 is 27.4 Å². The van der Waals surface area contributed by atoms with Crippen LogP contribution < -0.4 is 4.90 Å². The van der Waals surface area contributed by atoms with Gasteiger partial charge >= 0.3 is 5.97 Å². The Morgan fingerprint density at radius 2 is 1.69 bits per heavy atom. The van der Waals surface area contributed by atoms with E-state index in [1.165, 1.54) is 6.26 Å². The lowest BCUT2D eigenvalue weighted by atomic mass is 9.77. The van der Waals surface area contributed by atoms with Crippen LogP contribution in [-0.2, 0) is 26.0 Å². The number of cyclic esters (lactones) is 1. The normalized spacial score (nSPS) is 20.8. The van der Waals surface area contributed by atoms with Gasteiger partial charge in [-0.05, 0) is 80.7 Å². The molecule has 1 unspecified atom stereocenters. The Labute approximate surface area is 205 Å². The highest BCUT2D eigenvalue weighted by molar-refractivity contribution is 7.90. The van der Waals surface area contributed by atoms with E-state index in [0.717, 1.165) is 54.7 Å². The van der Waals surface area contributed by atoms with Crippen LogP contribution >= 0.6 is 0 Å². The van der Waals surface area contributed by atoms with E-state index in [4.69, 9.17) is 4.74 Å². The molecule has 0 saturated carbocycles. The number of ether oxygens (including phenoxy) is 1. The first-order valence-corrected chi connectivity index (χ1v) is 13.8. The van der Waals surface area contributed by atoms with Crippen molar-refractivity contribution in [2.45, 2.75) is 43.8 Å². The molecule has 1 amide bonds. The highest BCUT2D eigenvalue weighted by Crippen LogP contribution is 2.43. The van der Waals surface area contributed by atoms with E-state index in [0.29, 0.717) is 18.7 Å². The molecule has 9 heteroatoms.